The first-order chi connectivity index (χ1) is 5.76. The quantitative estimate of drug-likeness (QED) is 0.841. The molecular formula is C10H12BrO. The van der Waals surface area contributed by atoms with E-state index in [9.17, 15) is 0 Å². The van der Waals surface area contributed by atoms with Gasteiger partial charge in [0.15, 0.2) is 0 Å². The molecular weight excluding hydrogens is 216 g/mol. The summed E-state index contributed by atoms with van der Waals surface area (Å²) in [5.74, 6) is 0. The Labute approximate surface area is 81.6 Å². The van der Waals surface area contributed by atoms with Crippen molar-refractivity contribution >= 4 is 15.9 Å². The largest absolute Gasteiger partial charge is 0.385 e. The number of aliphatic hydroxyl groups excluding tert-OH is 1. The van der Waals surface area contributed by atoms with Crippen LogP contribution in [0.5, 0.6) is 0 Å². The van der Waals surface area contributed by atoms with Gasteiger partial charge in [0.2, 0.25) is 0 Å². The van der Waals surface area contributed by atoms with Gasteiger partial charge in [-0.05, 0) is 29.7 Å². The third kappa shape index (κ3) is 2.61. The Morgan fingerprint density at radius 1 is 1.42 bits per heavy atom. The fourth-order valence-electron chi connectivity index (χ4n) is 1.18. The Kier molecular flexibility index (Phi) is 3.76. The van der Waals surface area contributed by atoms with Crippen LogP contribution in [0.3, 0.4) is 0 Å². The van der Waals surface area contributed by atoms with Gasteiger partial charge in [-0.25, -0.2) is 0 Å². The van der Waals surface area contributed by atoms with Crippen molar-refractivity contribution in [1.29, 1.82) is 0 Å². The van der Waals surface area contributed by atoms with Gasteiger partial charge >= 0.3 is 0 Å². The van der Waals surface area contributed by atoms with Crippen molar-refractivity contribution in [3.63, 3.8) is 0 Å². The lowest BCUT2D eigenvalue weighted by molar-refractivity contribution is 0.414. The molecule has 1 rings (SSSR count). The van der Waals surface area contributed by atoms with Crippen LogP contribution in [0.25, 0.3) is 0 Å². The average Bonchev–Trinajstić information content (AvgIpc) is 2.04. The SMILES string of the molecule is CCCc1cc(Br)cc([CH]O)c1. The molecule has 0 aromatic heterocycles. The molecule has 65 valence electrons. The highest BCUT2D eigenvalue weighted by Gasteiger charge is 1.97. The van der Waals surface area contributed by atoms with E-state index in [1.54, 1.807) is 0 Å². The van der Waals surface area contributed by atoms with Crippen LogP contribution in [0.15, 0.2) is 22.7 Å². The Morgan fingerprint density at radius 2 is 2.17 bits per heavy atom. The van der Waals surface area contributed by atoms with Crippen molar-refractivity contribution in [3.05, 3.63) is 40.4 Å². The number of rotatable bonds is 3. The number of halogens is 1. The topological polar surface area (TPSA) is 20.2 Å². The van der Waals surface area contributed by atoms with Crippen LogP contribution >= 0.6 is 15.9 Å². The first kappa shape index (κ1) is 9.75. The average molecular weight is 228 g/mol. The summed E-state index contributed by atoms with van der Waals surface area (Å²) in [6, 6.07) is 5.96. The minimum atomic E-state index is 0.854. The molecule has 1 N–H and O–H groups in total. The highest BCUT2D eigenvalue weighted by molar-refractivity contribution is 9.10. The van der Waals surface area contributed by atoms with Crippen molar-refractivity contribution in [2.24, 2.45) is 0 Å². The molecule has 1 nitrogen and oxygen atoms in total. The number of aryl methyl sites for hydroxylation is 1. The molecule has 0 heterocycles. The molecule has 0 unspecified atom stereocenters. The Bertz CT molecular complexity index is 258. The van der Waals surface area contributed by atoms with Gasteiger partial charge in [-0.15, -0.1) is 0 Å². The Hall–Kier alpha value is -0.340. The highest BCUT2D eigenvalue weighted by Crippen LogP contribution is 2.17. The molecule has 0 amide bonds. The minimum Gasteiger partial charge on any atom is -0.385 e. The van der Waals surface area contributed by atoms with E-state index >= 15 is 0 Å². The van der Waals surface area contributed by atoms with E-state index in [4.69, 9.17) is 5.11 Å². The third-order valence-electron chi connectivity index (χ3n) is 1.67. The van der Waals surface area contributed by atoms with Crippen LogP contribution in [-0.2, 0) is 6.42 Å². The van der Waals surface area contributed by atoms with Gasteiger partial charge < -0.3 is 5.11 Å². The first-order valence-electron chi connectivity index (χ1n) is 4.03. The Balaban J connectivity index is 2.90. The fraction of sp³-hybridized carbons (Fsp3) is 0.300. The lowest BCUT2D eigenvalue weighted by atomic mass is 10.1. The number of benzene rings is 1. The molecule has 1 aromatic carbocycles. The van der Waals surface area contributed by atoms with Crippen molar-refractivity contribution in [2.75, 3.05) is 0 Å². The summed E-state index contributed by atoms with van der Waals surface area (Å²) in [5, 5.41) is 8.81. The molecule has 0 aliphatic carbocycles. The maximum atomic E-state index is 8.81. The summed E-state index contributed by atoms with van der Waals surface area (Å²) in [7, 11) is 0. The molecule has 0 fully saturated rings. The van der Waals surface area contributed by atoms with Crippen molar-refractivity contribution in [1.82, 2.24) is 0 Å². The zero-order valence-corrected chi connectivity index (χ0v) is 8.63. The van der Waals surface area contributed by atoms with Gasteiger partial charge in [-0.3, -0.25) is 0 Å². The highest BCUT2D eigenvalue weighted by atomic mass is 79.9. The van der Waals surface area contributed by atoms with Crippen LogP contribution in [0.1, 0.15) is 24.5 Å². The maximum Gasteiger partial charge on any atom is 0.109 e. The van der Waals surface area contributed by atoms with Crippen LogP contribution in [0, 0.1) is 6.61 Å². The van der Waals surface area contributed by atoms with Gasteiger partial charge in [0.1, 0.15) is 6.61 Å². The van der Waals surface area contributed by atoms with Gasteiger partial charge in [0.05, 0.1) is 0 Å². The molecule has 2 heteroatoms. The monoisotopic (exact) mass is 227 g/mol. The molecule has 12 heavy (non-hydrogen) atoms. The normalized spacial score (nSPS) is 10.2. The van der Waals surface area contributed by atoms with E-state index in [-0.39, 0.29) is 0 Å². The zero-order valence-electron chi connectivity index (χ0n) is 7.05. The predicted molar refractivity (Wildman–Crippen MR) is 53.5 cm³/mol. The molecule has 0 saturated carbocycles. The predicted octanol–water partition coefficient (Wildman–Crippen LogP) is 3.28. The number of aliphatic hydroxyl groups is 1. The first-order valence-corrected chi connectivity index (χ1v) is 4.82. The van der Waals surface area contributed by atoms with E-state index in [2.05, 4.69) is 28.9 Å². The minimum absolute atomic E-state index is 0.854. The van der Waals surface area contributed by atoms with E-state index in [1.807, 2.05) is 12.1 Å². The summed E-state index contributed by atoms with van der Waals surface area (Å²) < 4.78 is 1.02. The molecule has 0 atom stereocenters. The molecule has 1 radical (unpaired) electrons. The molecule has 0 saturated heterocycles. The number of hydrogen-bond acceptors (Lipinski definition) is 1. The Morgan fingerprint density at radius 3 is 2.75 bits per heavy atom. The lowest BCUT2D eigenvalue weighted by Gasteiger charge is -2.02. The lowest BCUT2D eigenvalue weighted by Crippen LogP contribution is -1.87. The van der Waals surface area contributed by atoms with Crippen LogP contribution in [0.2, 0.25) is 0 Å². The second kappa shape index (κ2) is 4.63. The summed E-state index contributed by atoms with van der Waals surface area (Å²) in [5.41, 5.74) is 2.11. The molecule has 0 bridgehead atoms. The van der Waals surface area contributed by atoms with Gasteiger partial charge in [-0.2, -0.15) is 0 Å². The van der Waals surface area contributed by atoms with Crippen LogP contribution in [-0.4, -0.2) is 5.11 Å². The summed E-state index contributed by atoms with van der Waals surface area (Å²) in [6.45, 7) is 3.27. The second-order valence-corrected chi connectivity index (χ2v) is 3.69. The third-order valence-corrected chi connectivity index (χ3v) is 2.13. The second-order valence-electron chi connectivity index (χ2n) is 2.77. The van der Waals surface area contributed by atoms with Crippen molar-refractivity contribution in [2.45, 2.75) is 19.8 Å². The van der Waals surface area contributed by atoms with Crippen LogP contribution < -0.4 is 0 Å². The maximum absolute atomic E-state index is 8.81. The van der Waals surface area contributed by atoms with Crippen molar-refractivity contribution < 1.29 is 5.11 Å². The smallest absolute Gasteiger partial charge is 0.109 e. The van der Waals surface area contributed by atoms with Gasteiger partial charge in [-0.1, -0.05) is 35.3 Å². The standard InChI is InChI=1S/C10H12BrO/c1-2-3-8-4-9(7-12)6-10(11)5-8/h4-7,12H,2-3H2,1H3. The zero-order chi connectivity index (χ0) is 8.97. The fourth-order valence-corrected chi connectivity index (χ4v) is 1.74. The van der Waals surface area contributed by atoms with Gasteiger partial charge in [0.25, 0.3) is 0 Å². The van der Waals surface area contributed by atoms with E-state index in [0.29, 0.717) is 0 Å². The van der Waals surface area contributed by atoms with Gasteiger partial charge in [0, 0.05) is 4.47 Å². The molecule has 1 aromatic rings. The van der Waals surface area contributed by atoms with E-state index in [0.717, 1.165) is 29.5 Å². The van der Waals surface area contributed by atoms with E-state index < -0.39 is 0 Å². The van der Waals surface area contributed by atoms with E-state index in [1.165, 1.54) is 5.56 Å². The summed E-state index contributed by atoms with van der Waals surface area (Å²) in [6.07, 6.45) is 2.18. The molecule has 0 aliphatic rings. The summed E-state index contributed by atoms with van der Waals surface area (Å²) in [4.78, 5) is 0. The summed E-state index contributed by atoms with van der Waals surface area (Å²) >= 11 is 3.39. The van der Waals surface area contributed by atoms with Crippen molar-refractivity contribution in [3.8, 4) is 0 Å². The van der Waals surface area contributed by atoms with Crippen LogP contribution in [0.4, 0.5) is 0 Å². The molecule has 0 aliphatic heterocycles. The molecule has 0 spiro atoms. The number of hydrogen-bond donors (Lipinski definition) is 1.